The van der Waals surface area contributed by atoms with Crippen molar-refractivity contribution >= 4 is 35.3 Å². The molecule has 3 aromatic rings. The number of nitrogens with zero attached hydrogens (tertiary/aromatic N) is 5. The van der Waals surface area contributed by atoms with Crippen LogP contribution in [0.25, 0.3) is 0 Å². The van der Waals surface area contributed by atoms with Gasteiger partial charge in [0.1, 0.15) is 6.33 Å². The summed E-state index contributed by atoms with van der Waals surface area (Å²) in [5, 5.41) is 33.6. The van der Waals surface area contributed by atoms with Gasteiger partial charge in [-0.2, -0.15) is 9.78 Å². The highest BCUT2D eigenvalue weighted by molar-refractivity contribution is 7.98. The fraction of sp³-hybridized carbons (Fsp3) is 0.0625. The Kier molecular flexibility index (Phi) is 5.49. The Labute approximate surface area is 157 Å². The van der Waals surface area contributed by atoms with Gasteiger partial charge in [0.05, 0.1) is 11.1 Å². The van der Waals surface area contributed by atoms with Crippen LogP contribution in [0, 0.1) is 10.1 Å². The monoisotopic (exact) mass is 389 g/mol. The molecular weight excluding hydrogens is 378 g/mol. The van der Waals surface area contributed by atoms with Gasteiger partial charge in [0.2, 0.25) is 5.16 Å². The van der Waals surface area contributed by atoms with E-state index in [2.05, 4.69) is 15.3 Å². The smallest absolute Gasteiger partial charge is 0.311 e. The number of rotatable bonds is 6. The van der Waals surface area contributed by atoms with Crippen molar-refractivity contribution in [3.63, 3.8) is 0 Å². The highest BCUT2D eigenvalue weighted by Gasteiger charge is 2.13. The topological polar surface area (TPSA) is 106 Å². The molecule has 0 aliphatic rings. The van der Waals surface area contributed by atoms with Crippen molar-refractivity contribution in [3.05, 3.63) is 75.1 Å². The van der Waals surface area contributed by atoms with Crippen LogP contribution in [0.15, 0.2) is 59.0 Å². The van der Waals surface area contributed by atoms with E-state index in [9.17, 15) is 15.2 Å². The molecule has 0 bridgehead atoms. The molecule has 0 saturated carbocycles. The summed E-state index contributed by atoms with van der Waals surface area (Å²) >= 11 is 7.31. The number of aromatic hydroxyl groups is 1. The zero-order valence-electron chi connectivity index (χ0n) is 13.2. The van der Waals surface area contributed by atoms with Gasteiger partial charge in [-0.05, 0) is 29.8 Å². The second kappa shape index (κ2) is 7.98. The van der Waals surface area contributed by atoms with Crippen LogP contribution in [0.2, 0.25) is 5.02 Å². The first kappa shape index (κ1) is 17.9. The highest BCUT2D eigenvalue weighted by Crippen LogP contribution is 2.26. The minimum absolute atomic E-state index is 0.380. The van der Waals surface area contributed by atoms with Crippen LogP contribution in [0.1, 0.15) is 11.1 Å². The zero-order chi connectivity index (χ0) is 18.5. The fourth-order valence-corrected chi connectivity index (χ4v) is 2.96. The fourth-order valence-electron chi connectivity index (χ4n) is 2.02. The Morgan fingerprint density at radius 1 is 1.31 bits per heavy atom. The molecule has 3 rings (SSSR count). The zero-order valence-corrected chi connectivity index (χ0v) is 14.8. The summed E-state index contributed by atoms with van der Waals surface area (Å²) in [5.74, 6) is 0.270. The van der Waals surface area contributed by atoms with Crippen LogP contribution in [0.4, 0.5) is 5.69 Å². The van der Waals surface area contributed by atoms with Gasteiger partial charge < -0.3 is 5.11 Å². The number of benzene rings is 2. The van der Waals surface area contributed by atoms with E-state index in [1.54, 1.807) is 0 Å². The van der Waals surface area contributed by atoms with Gasteiger partial charge in [0.25, 0.3) is 0 Å². The lowest BCUT2D eigenvalue weighted by atomic mass is 10.2. The minimum Gasteiger partial charge on any atom is -0.502 e. The third-order valence-electron chi connectivity index (χ3n) is 3.31. The first-order valence-corrected chi connectivity index (χ1v) is 8.68. The van der Waals surface area contributed by atoms with E-state index in [-0.39, 0.29) is 5.69 Å². The first-order chi connectivity index (χ1) is 12.5. The van der Waals surface area contributed by atoms with E-state index in [0.717, 1.165) is 5.56 Å². The summed E-state index contributed by atoms with van der Waals surface area (Å²) in [5.41, 5.74) is 1.17. The Hall–Kier alpha value is -2.91. The third-order valence-corrected chi connectivity index (χ3v) is 4.57. The maximum Gasteiger partial charge on any atom is 0.311 e. The van der Waals surface area contributed by atoms with Crippen LogP contribution in [-0.2, 0) is 5.75 Å². The van der Waals surface area contributed by atoms with Crippen molar-refractivity contribution < 1.29 is 10.0 Å². The average molecular weight is 390 g/mol. The van der Waals surface area contributed by atoms with Gasteiger partial charge in [-0.15, -0.1) is 10.2 Å². The molecule has 0 unspecified atom stereocenters. The second-order valence-electron chi connectivity index (χ2n) is 5.12. The van der Waals surface area contributed by atoms with Crippen LogP contribution >= 0.6 is 23.4 Å². The molecule has 0 fully saturated rings. The molecule has 0 saturated heterocycles. The first-order valence-electron chi connectivity index (χ1n) is 7.32. The van der Waals surface area contributed by atoms with E-state index in [0.29, 0.717) is 21.5 Å². The maximum absolute atomic E-state index is 10.9. The number of nitro groups is 1. The number of aromatic nitrogens is 3. The molecule has 0 aliphatic carbocycles. The summed E-state index contributed by atoms with van der Waals surface area (Å²) in [7, 11) is 0. The molecule has 1 heterocycles. The van der Waals surface area contributed by atoms with Crippen LogP contribution < -0.4 is 0 Å². The minimum atomic E-state index is -0.654. The Balaban J connectivity index is 1.72. The molecule has 10 heteroatoms. The Morgan fingerprint density at radius 3 is 2.81 bits per heavy atom. The molecule has 26 heavy (non-hydrogen) atoms. The Morgan fingerprint density at radius 2 is 2.08 bits per heavy atom. The third kappa shape index (κ3) is 4.38. The van der Waals surface area contributed by atoms with Crippen molar-refractivity contribution in [2.24, 2.45) is 5.10 Å². The van der Waals surface area contributed by atoms with E-state index < -0.39 is 10.7 Å². The Bertz CT molecular complexity index is 959. The molecule has 132 valence electrons. The number of nitro benzene ring substituents is 1. The molecule has 8 nitrogen and oxygen atoms in total. The molecule has 0 radical (unpaired) electrons. The molecule has 1 aromatic heterocycles. The molecule has 0 atom stereocenters. The number of hydrogen-bond acceptors (Lipinski definition) is 7. The number of thioether (sulfide) groups is 1. The lowest BCUT2D eigenvalue weighted by molar-refractivity contribution is -0.385. The maximum atomic E-state index is 10.9. The lowest BCUT2D eigenvalue weighted by Crippen LogP contribution is -1.94. The largest absolute Gasteiger partial charge is 0.502 e. The number of hydrogen-bond donors (Lipinski definition) is 1. The quantitative estimate of drug-likeness (QED) is 0.298. The normalized spacial score (nSPS) is 11.1. The van der Waals surface area contributed by atoms with Crippen LogP contribution in [-0.4, -0.2) is 31.1 Å². The van der Waals surface area contributed by atoms with Gasteiger partial charge in [0.15, 0.2) is 5.75 Å². The van der Waals surface area contributed by atoms with Gasteiger partial charge in [-0.3, -0.25) is 10.1 Å². The van der Waals surface area contributed by atoms with E-state index in [1.807, 2.05) is 24.3 Å². The van der Waals surface area contributed by atoms with Crippen LogP contribution in [0.3, 0.4) is 0 Å². The predicted molar refractivity (Wildman–Crippen MR) is 98.8 cm³/mol. The van der Waals surface area contributed by atoms with Crippen molar-refractivity contribution in [3.8, 4) is 5.75 Å². The average Bonchev–Trinajstić information content (AvgIpc) is 3.08. The van der Waals surface area contributed by atoms with Crippen molar-refractivity contribution in [2.45, 2.75) is 10.9 Å². The molecule has 0 aliphatic heterocycles. The predicted octanol–water partition coefficient (Wildman–Crippen LogP) is 3.72. The van der Waals surface area contributed by atoms with Gasteiger partial charge in [-0.1, -0.05) is 35.5 Å². The summed E-state index contributed by atoms with van der Waals surface area (Å²) in [6.45, 7) is 0. The van der Waals surface area contributed by atoms with Gasteiger partial charge in [0, 0.05) is 22.4 Å². The summed E-state index contributed by atoms with van der Waals surface area (Å²) in [6, 6.07) is 11.5. The highest BCUT2D eigenvalue weighted by atomic mass is 35.5. The summed E-state index contributed by atoms with van der Waals surface area (Å²) in [6.07, 6.45) is 2.87. The molecule has 0 spiro atoms. The standard InChI is InChI=1S/C16H12ClN5O3S/c17-13-4-1-11(2-5-13)9-26-16-20-18-10-21(16)19-8-12-3-6-15(23)14(7-12)22(24)25/h1-8,10,23H,9H2/b19-8-. The van der Waals surface area contributed by atoms with Crippen molar-refractivity contribution in [1.29, 1.82) is 0 Å². The van der Waals surface area contributed by atoms with E-state index >= 15 is 0 Å². The molecule has 1 N–H and O–H groups in total. The number of phenols is 1. The lowest BCUT2D eigenvalue weighted by Gasteiger charge is -2.02. The van der Waals surface area contributed by atoms with Crippen LogP contribution in [0.5, 0.6) is 5.75 Å². The molecule has 2 aromatic carbocycles. The second-order valence-corrected chi connectivity index (χ2v) is 6.50. The summed E-state index contributed by atoms with van der Waals surface area (Å²) < 4.78 is 1.47. The van der Waals surface area contributed by atoms with Gasteiger partial charge >= 0.3 is 5.69 Å². The van der Waals surface area contributed by atoms with Crippen molar-refractivity contribution in [2.75, 3.05) is 0 Å². The number of halogens is 1. The van der Waals surface area contributed by atoms with E-state index in [4.69, 9.17) is 11.6 Å². The van der Waals surface area contributed by atoms with Crippen molar-refractivity contribution in [1.82, 2.24) is 14.9 Å². The molecule has 0 amide bonds. The van der Waals surface area contributed by atoms with E-state index in [1.165, 1.54) is 47.2 Å². The number of phenolic OH excluding ortho intramolecular Hbond substituents is 1. The SMILES string of the molecule is O=[N+]([O-])c1cc(/C=N\n2cnnc2SCc2ccc(Cl)cc2)ccc1O. The van der Waals surface area contributed by atoms with Gasteiger partial charge in [-0.25, -0.2) is 0 Å². The summed E-state index contributed by atoms with van der Waals surface area (Å²) in [4.78, 5) is 10.2. The molecular formula is C16H12ClN5O3S.